The Bertz CT molecular complexity index is 729. The third kappa shape index (κ3) is 1.93. The molecule has 0 saturated carbocycles. The standard InChI is InChI=1S/C16H14N2O/c1-2-13-15(12-5-3-4-6-14(12)18-13)16(19)11-7-9-17-10-8-11/h3-10,18H,2H2,1H3. The first-order chi connectivity index (χ1) is 9.31. The number of para-hydroxylation sites is 1. The first-order valence-electron chi connectivity index (χ1n) is 6.35. The Hall–Kier alpha value is -2.42. The number of aromatic amines is 1. The van der Waals surface area contributed by atoms with Crippen LogP contribution in [0.3, 0.4) is 0 Å². The van der Waals surface area contributed by atoms with Crippen LogP contribution < -0.4 is 0 Å². The summed E-state index contributed by atoms with van der Waals surface area (Å²) in [5, 5.41) is 0.987. The van der Waals surface area contributed by atoms with E-state index in [4.69, 9.17) is 0 Å². The van der Waals surface area contributed by atoms with Crippen molar-refractivity contribution in [3.05, 3.63) is 65.6 Å². The van der Waals surface area contributed by atoms with Crippen molar-refractivity contribution < 1.29 is 4.79 Å². The van der Waals surface area contributed by atoms with E-state index in [0.717, 1.165) is 28.6 Å². The van der Waals surface area contributed by atoms with E-state index in [9.17, 15) is 4.79 Å². The number of nitrogens with one attached hydrogen (secondary N) is 1. The lowest BCUT2D eigenvalue weighted by atomic mass is 10.0. The largest absolute Gasteiger partial charge is 0.358 e. The summed E-state index contributed by atoms with van der Waals surface area (Å²) in [6.45, 7) is 2.05. The SMILES string of the molecule is CCc1[nH]c2ccccc2c1C(=O)c1ccncc1. The van der Waals surface area contributed by atoms with Gasteiger partial charge in [-0.05, 0) is 24.6 Å². The van der Waals surface area contributed by atoms with Crippen molar-refractivity contribution in [3.63, 3.8) is 0 Å². The predicted molar refractivity (Wildman–Crippen MR) is 75.3 cm³/mol. The van der Waals surface area contributed by atoms with Crippen LogP contribution in [0, 0.1) is 0 Å². The molecule has 3 rings (SSSR count). The molecule has 2 heterocycles. The summed E-state index contributed by atoms with van der Waals surface area (Å²) in [6, 6.07) is 11.4. The van der Waals surface area contributed by atoms with E-state index in [2.05, 4.69) is 9.97 Å². The number of ketones is 1. The highest BCUT2D eigenvalue weighted by Crippen LogP contribution is 2.25. The molecule has 2 aromatic heterocycles. The van der Waals surface area contributed by atoms with Crippen molar-refractivity contribution in [3.8, 4) is 0 Å². The molecule has 94 valence electrons. The molecule has 0 unspecified atom stereocenters. The molecule has 3 aromatic rings. The normalized spacial score (nSPS) is 10.8. The second-order valence-electron chi connectivity index (χ2n) is 4.44. The van der Waals surface area contributed by atoms with Crippen LogP contribution in [0.25, 0.3) is 10.9 Å². The number of benzene rings is 1. The smallest absolute Gasteiger partial charge is 0.195 e. The van der Waals surface area contributed by atoms with Crippen LogP contribution in [0.4, 0.5) is 0 Å². The molecule has 0 spiro atoms. The molecule has 3 heteroatoms. The van der Waals surface area contributed by atoms with Crippen LogP contribution in [0.1, 0.15) is 28.5 Å². The van der Waals surface area contributed by atoms with Crippen LogP contribution in [0.15, 0.2) is 48.8 Å². The minimum atomic E-state index is 0.0525. The van der Waals surface area contributed by atoms with E-state index in [0.29, 0.717) is 5.56 Å². The first-order valence-corrected chi connectivity index (χ1v) is 6.35. The van der Waals surface area contributed by atoms with Gasteiger partial charge in [-0.3, -0.25) is 9.78 Å². The lowest BCUT2D eigenvalue weighted by Gasteiger charge is -2.02. The molecule has 19 heavy (non-hydrogen) atoms. The second-order valence-corrected chi connectivity index (χ2v) is 4.44. The van der Waals surface area contributed by atoms with Gasteiger partial charge in [0.15, 0.2) is 5.78 Å². The van der Waals surface area contributed by atoms with E-state index in [1.807, 2.05) is 31.2 Å². The van der Waals surface area contributed by atoms with Crippen LogP contribution >= 0.6 is 0 Å². The van der Waals surface area contributed by atoms with Gasteiger partial charge in [-0.2, -0.15) is 0 Å². The molecule has 0 aliphatic heterocycles. The average Bonchev–Trinajstić information content (AvgIpc) is 2.86. The molecular formula is C16H14N2O. The number of pyridine rings is 1. The minimum absolute atomic E-state index is 0.0525. The zero-order chi connectivity index (χ0) is 13.2. The van der Waals surface area contributed by atoms with Crippen LogP contribution in [-0.4, -0.2) is 15.8 Å². The first kappa shape index (κ1) is 11.7. The van der Waals surface area contributed by atoms with Gasteiger partial charge in [-0.1, -0.05) is 25.1 Å². The van der Waals surface area contributed by atoms with Gasteiger partial charge in [0.25, 0.3) is 0 Å². The molecule has 1 N–H and O–H groups in total. The highest BCUT2D eigenvalue weighted by molar-refractivity contribution is 6.17. The van der Waals surface area contributed by atoms with Crippen molar-refractivity contribution in [2.24, 2.45) is 0 Å². The molecule has 0 amide bonds. The van der Waals surface area contributed by atoms with Gasteiger partial charge in [0.2, 0.25) is 0 Å². The summed E-state index contributed by atoms with van der Waals surface area (Å²) >= 11 is 0. The number of aryl methyl sites for hydroxylation is 1. The molecule has 0 radical (unpaired) electrons. The minimum Gasteiger partial charge on any atom is -0.358 e. The fourth-order valence-electron chi connectivity index (χ4n) is 2.37. The van der Waals surface area contributed by atoms with Gasteiger partial charge < -0.3 is 4.98 Å². The molecule has 3 nitrogen and oxygen atoms in total. The van der Waals surface area contributed by atoms with Gasteiger partial charge in [0, 0.05) is 34.6 Å². The number of carbonyl (C=O) groups excluding carboxylic acids is 1. The van der Waals surface area contributed by atoms with Gasteiger partial charge in [-0.25, -0.2) is 0 Å². The molecule has 1 aromatic carbocycles. The van der Waals surface area contributed by atoms with Crippen molar-refractivity contribution >= 4 is 16.7 Å². The molecular weight excluding hydrogens is 236 g/mol. The third-order valence-corrected chi connectivity index (χ3v) is 3.31. The maximum Gasteiger partial charge on any atom is 0.195 e. The highest BCUT2D eigenvalue weighted by atomic mass is 16.1. The summed E-state index contributed by atoms with van der Waals surface area (Å²) in [5.74, 6) is 0.0525. The number of hydrogen-bond donors (Lipinski definition) is 1. The molecule has 0 saturated heterocycles. The lowest BCUT2D eigenvalue weighted by molar-refractivity contribution is 0.103. The molecule has 0 aliphatic carbocycles. The molecule has 0 bridgehead atoms. The van der Waals surface area contributed by atoms with Crippen molar-refractivity contribution in [2.45, 2.75) is 13.3 Å². The van der Waals surface area contributed by atoms with Gasteiger partial charge >= 0.3 is 0 Å². The van der Waals surface area contributed by atoms with E-state index in [1.54, 1.807) is 24.5 Å². The van der Waals surface area contributed by atoms with Crippen LogP contribution in [0.2, 0.25) is 0 Å². The summed E-state index contributed by atoms with van der Waals surface area (Å²) in [4.78, 5) is 19.9. The summed E-state index contributed by atoms with van der Waals surface area (Å²) in [7, 11) is 0. The lowest BCUT2D eigenvalue weighted by Crippen LogP contribution is -2.03. The Morgan fingerprint density at radius 2 is 1.89 bits per heavy atom. The fraction of sp³-hybridized carbons (Fsp3) is 0.125. The van der Waals surface area contributed by atoms with E-state index < -0.39 is 0 Å². The number of H-pyrrole nitrogens is 1. The van der Waals surface area contributed by atoms with Crippen molar-refractivity contribution in [2.75, 3.05) is 0 Å². The Balaban J connectivity index is 2.21. The van der Waals surface area contributed by atoms with Crippen molar-refractivity contribution in [1.29, 1.82) is 0 Å². The number of nitrogens with zero attached hydrogens (tertiary/aromatic N) is 1. The van der Waals surface area contributed by atoms with Crippen LogP contribution in [-0.2, 0) is 6.42 Å². The Morgan fingerprint density at radius 1 is 1.16 bits per heavy atom. The van der Waals surface area contributed by atoms with E-state index in [1.165, 1.54) is 0 Å². The van der Waals surface area contributed by atoms with Crippen molar-refractivity contribution in [1.82, 2.24) is 9.97 Å². The molecule has 0 fully saturated rings. The molecule has 0 atom stereocenters. The predicted octanol–water partition coefficient (Wildman–Crippen LogP) is 3.36. The van der Waals surface area contributed by atoms with Gasteiger partial charge in [0.1, 0.15) is 0 Å². The Labute approximate surface area is 111 Å². The number of rotatable bonds is 3. The Morgan fingerprint density at radius 3 is 2.63 bits per heavy atom. The average molecular weight is 250 g/mol. The Kier molecular flexibility index (Phi) is 2.88. The van der Waals surface area contributed by atoms with Crippen LogP contribution in [0.5, 0.6) is 0 Å². The van der Waals surface area contributed by atoms with E-state index in [-0.39, 0.29) is 5.78 Å². The second kappa shape index (κ2) is 4.69. The highest BCUT2D eigenvalue weighted by Gasteiger charge is 2.18. The zero-order valence-corrected chi connectivity index (χ0v) is 10.7. The number of hydrogen-bond acceptors (Lipinski definition) is 2. The summed E-state index contributed by atoms with van der Waals surface area (Å²) in [5.41, 5.74) is 3.46. The van der Waals surface area contributed by atoms with Gasteiger partial charge in [0.05, 0.1) is 5.56 Å². The quantitative estimate of drug-likeness (QED) is 0.724. The summed E-state index contributed by atoms with van der Waals surface area (Å²) in [6.07, 6.45) is 4.10. The van der Waals surface area contributed by atoms with Gasteiger partial charge in [-0.15, -0.1) is 0 Å². The maximum atomic E-state index is 12.7. The monoisotopic (exact) mass is 250 g/mol. The maximum absolute atomic E-state index is 12.7. The fourth-order valence-corrected chi connectivity index (χ4v) is 2.37. The number of carbonyl (C=O) groups is 1. The number of aromatic nitrogens is 2. The van der Waals surface area contributed by atoms with E-state index >= 15 is 0 Å². The molecule has 0 aliphatic rings. The number of fused-ring (bicyclic) bond motifs is 1. The summed E-state index contributed by atoms with van der Waals surface area (Å²) < 4.78 is 0. The third-order valence-electron chi connectivity index (χ3n) is 3.31. The zero-order valence-electron chi connectivity index (χ0n) is 10.7. The topological polar surface area (TPSA) is 45.8 Å².